The van der Waals surface area contributed by atoms with Crippen molar-refractivity contribution in [3.05, 3.63) is 70.3 Å². The number of nitrogens with one attached hydrogen (secondary N) is 1. The minimum atomic E-state index is -0.544. The average molecular weight is 497 g/mol. The normalized spacial score (nSPS) is 15.4. The second-order valence-corrected chi connectivity index (χ2v) is 9.69. The SMILES string of the molecule is C[C@@H](Oc1cc(-n2cnc3ccc(OC4CCNCC4)cc32)sc1C(N)=O)c1ccccc1Cl. The lowest BCUT2D eigenvalue weighted by Gasteiger charge is -2.23. The topological polar surface area (TPSA) is 91.4 Å². The first-order chi connectivity index (χ1) is 16.5. The number of rotatable bonds is 7. The van der Waals surface area contributed by atoms with Crippen LogP contribution in [0.25, 0.3) is 16.0 Å². The predicted octanol–water partition coefficient (Wildman–Crippen LogP) is 5.11. The number of primary amides is 1. The quantitative estimate of drug-likeness (QED) is 0.371. The van der Waals surface area contributed by atoms with Crippen LogP contribution in [-0.4, -0.2) is 34.7 Å². The molecule has 1 amide bonds. The van der Waals surface area contributed by atoms with Gasteiger partial charge in [-0.25, -0.2) is 4.98 Å². The van der Waals surface area contributed by atoms with Crippen molar-refractivity contribution in [3.8, 4) is 16.5 Å². The zero-order chi connectivity index (χ0) is 23.7. The Kier molecular flexibility index (Phi) is 6.45. The monoisotopic (exact) mass is 496 g/mol. The number of halogens is 1. The average Bonchev–Trinajstić information content (AvgIpc) is 3.44. The number of carbonyl (C=O) groups is 1. The number of thiophene rings is 1. The number of nitrogens with two attached hydrogens (primary N) is 1. The third-order valence-corrected chi connectivity index (χ3v) is 7.38. The Morgan fingerprint density at radius 3 is 2.79 bits per heavy atom. The molecule has 3 N–H and O–H groups in total. The molecule has 2 aromatic heterocycles. The van der Waals surface area contributed by atoms with E-state index in [4.69, 9.17) is 26.8 Å². The summed E-state index contributed by atoms with van der Waals surface area (Å²) in [5.74, 6) is 0.678. The molecule has 0 bridgehead atoms. The highest BCUT2D eigenvalue weighted by molar-refractivity contribution is 7.16. The molecule has 0 spiro atoms. The fourth-order valence-corrected chi connectivity index (χ4v) is 5.36. The Morgan fingerprint density at radius 1 is 1.24 bits per heavy atom. The summed E-state index contributed by atoms with van der Waals surface area (Å²) in [7, 11) is 0. The summed E-state index contributed by atoms with van der Waals surface area (Å²) >= 11 is 7.59. The molecule has 2 aromatic carbocycles. The van der Waals surface area contributed by atoms with Crippen LogP contribution >= 0.6 is 22.9 Å². The van der Waals surface area contributed by atoms with Gasteiger partial charge in [-0.2, -0.15) is 0 Å². The Bertz CT molecular complexity index is 1330. The number of imidazole rings is 1. The lowest BCUT2D eigenvalue weighted by Crippen LogP contribution is -2.34. The first-order valence-electron chi connectivity index (χ1n) is 11.2. The lowest BCUT2D eigenvalue weighted by molar-refractivity contribution is 0.0998. The lowest BCUT2D eigenvalue weighted by atomic mass is 10.1. The van der Waals surface area contributed by atoms with Gasteiger partial charge in [0.1, 0.15) is 39.9 Å². The van der Waals surface area contributed by atoms with Crippen molar-refractivity contribution in [2.75, 3.05) is 13.1 Å². The molecule has 0 radical (unpaired) electrons. The number of piperidine rings is 1. The Hall–Kier alpha value is -3.07. The first kappa shape index (κ1) is 22.7. The number of hydrogen-bond acceptors (Lipinski definition) is 6. The number of fused-ring (bicyclic) bond motifs is 1. The molecule has 9 heteroatoms. The highest BCUT2D eigenvalue weighted by Crippen LogP contribution is 2.37. The molecule has 1 aliphatic heterocycles. The van der Waals surface area contributed by atoms with Gasteiger partial charge in [0.25, 0.3) is 5.91 Å². The number of amides is 1. The summed E-state index contributed by atoms with van der Waals surface area (Å²) in [6.07, 6.45) is 3.53. The van der Waals surface area contributed by atoms with Crippen molar-refractivity contribution in [2.45, 2.75) is 32.0 Å². The number of ether oxygens (including phenoxy) is 2. The molecule has 0 saturated carbocycles. The van der Waals surface area contributed by atoms with Crippen molar-refractivity contribution in [1.82, 2.24) is 14.9 Å². The molecule has 0 aliphatic carbocycles. The van der Waals surface area contributed by atoms with Crippen LogP contribution in [0.4, 0.5) is 0 Å². The van der Waals surface area contributed by atoms with Gasteiger partial charge in [-0.3, -0.25) is 9.36 Å². The molecule has 1 fully saturated rings. The highest BCUT2D eigenvalue weighted by Gasteiger charge is 2.21. The van der Waals surface area contributed by atoms with Gasteiger partial charge in [-0.05, 0) is 51.1 Å². The summed E-state index contributed by atoms with van der Waals surface area (Å²) < 4.78 is 14.3. The van der Waals surface area contributed by atoms with Gasteiger partial charge in [0.2, 0.25) is 0 Å². The van der Waals surface area contributed by atoms with Crippen LogP contribution in [0.5, 0.6) is 11.5 Å². The number of carbonyl (C=O) groups excluding carboxylic acids is 1. The summed E-state index contributed by atoms with van der Waals surface area (Å²) in [5, 5.41) is 4.73. The summed E-state index contributed by atoms with van der Waals surface area (Å²) in [5.41, 5.74) is 8.23. The zero-order valence-electron chi connectivity index (χ0n) is 18.7. The molecular formula is C25H25ClN4O3S. The number of nitrogens with zero attached hydrogens (tertiary/aromatic N) is 2. The fraction of sp³-hybridized carbons (Fsp3) is 0.280. The van der Waals surface area contributed by atoms with E-state index in [2.05, 4.69) is 10.3 Å². The maximum absolute atomic E-state index is 12.2. The van der Waals surface area contributed by atoms with Gasteiger partial charge in [0.05, 0.1) is 11.0 Å². The van der Waals surface area contributed by atoms with E-state index in [1.165, 1.54) is 11.3 Å². The number of benzene rings is 2. The van der Waals surface area contributed by atoms with Crippen molar-refractivity contribution in [1.29, 1.82) is 0 Å². The minimum Gasteiger partial charge on any atom is -0.490 e. The van der Waals surface area contributed by atoms with E-state index in [9.17, 15) is 4.79 Å². The van der Waals surface area contributed by atoms with Crippen LogP contribution in [0.2, 0.25) is 5.02 Å². The van der Waals surface area contributed by atoms with Gasteiger partial charge in [-0.1, -0.05) is 29.8 Å². The van der Waals surface area contributed by atoms with Crippen molar-refractivity contribution < 1.29 is 14.3 Å². The smallest absolute Gasteiger partial charge is 0.262 e. The van der Waals surface area contributed by atoms with Crippen LogP contribution in [0, 0.1) is 0 Å². The van der Waals surface area contributed by atoms with Gasteiger partial charge in [-0.15, -0.1) is 11.3 Å². The predicted molar refractivity (Wildman–Crippen MR) is 134 cm³/mol. The summed E-state index contributed by atoms with van der Waals surface area (Å²) in [6.45, 7) is 3.82. The summed E-state index contributed by atoms with van der Waals surface area (Å²) in [4.78, 5) is 17.1. The Morgan fingerprint density at radius 2 is 2.03 bits per heavy atom. The molecule has 0 unspecified atom stereocenters. The van der Waals surface area contributed by atoms with Crippen LogP contribution in [0.3, 0.4) is 0 Å². The molecule has 5 rings (SSSR count). The molecule has 34 heavy (non-hydrogen) atoms. The van der Waals surface area contributed by atoms with Crippen LogP contribution in [-0.2, 0) is 0 Å². The Labute approximate surface area is 206 Å². The molecular weight excluding hydrogens is 472 g/mol. The second-order valence-electron chi connectivity index (χ2n) is 8.26. The number of hydrogen-bond donors (Lipinski definition) is 2. The maximum Gasteiger partial charge on any atom is 0.262 e. The van der Waals surface area contributed by atoms with Crippen LogP contribution in [0.15, 0.2) is 54.9 Å². The number of aromatic nitrogens is 2. The zero-order valence-corrected chi connectivity index (χ0v) is 20.2. The molecule has 4 aromatic rings. The molecule has 7 nitrogen and oxygen atoms in total. The van der Waals surface area contributed by atoms with E-state index in [1.807, 2.05) is 60.0 Å². The van der Waals surface area contributed by atoms with Gasteiger partial charge in [0.15, 0.2) is 0 Å². The minimum absolute atomic E-state index is 0.199. The Balaban J connectivity index is 1.46. The van der Waals surface area contributed by atoms with E-state index in [1.54, 1.807) is 6.33 Å². The second kappa shape index (κ2) is 9.66. The van der Waals surface area contributed by atoms with E-state index < -0.39 is 5.91 Å². The fourth-order valence-electron chi connectivity index (χ4n) is 4.14. The largest absolute Gasteiger partial charge is 0.490 e. The summed E-state index contributed by atoms with van der Waals surface area (Å²) in [6, 6.07) is 15.2. The molecule has 1 atom stereocenters. The van der Waals surface area contributed by atoms with Crippen molar-refractivity contribution in [3.63, 3.8) is 0 Å². The van der Waals surface area contributed by atoms with Crippen molar-refractivity contribution in [2.24, 2.45) is 5.73 Å². The molecule has 3 heterocycles. The molecule has 176 valence electrons. The standard InChI is InChI=1S/C25H25ClN4O3S/c1-15(18-4-2-3-5-19(18)26)32-22-13-23(34-24(22)25(27)31)30-14-29-20-7-6-17(12-21(20)30)33-16-8-10-28-11-9-16/h2-7,12-16,28H,8-11H2,1H3,(H2,27,31)/t15-/m1/s1. The van der Waals surface area contributed by atoms with E-state index >= 15 is 0 Å². The van der Waals surface area contributed by atoms with Gasteiger partial charge in [0, 0.05) is 22.7 Å². The van der Waals surface area contributed by atoms with E-state index in [-0.39, 0.29) is 12.2 Å². The van der Waals surface area contributed by atoms with E-state index in [0.29, 0.717) is 15.6 Å². The first-order valence-corrected chi connectivity index (χ1v) is 12.4. The maximum atomic E-state index is 12.2. The van der Waals surface area contributed by atoms with Crippen LogP contribution in [0.1, 0.15) is 41.1 Å². The third kappa shape index (κ3) is 4.61. The third-order valence-electron chi connectivity index (χ3n) is 5.90. The highest BCUT2D eigenvalue weighted by atomic mass is 35.5. The van der Waals surface area contributed by atoms with Crippen LogP contribution < -0.4 is 20.5 Å². The van der Waals surface area contributed by atoms with Gasteiger partial charge < -0.3 is 20.5 Å². The van der Waals surface area contributed by atoms with Gasteiger partial charge >= 0.3 is 0 Å². The molecule has 1 aliphatic rings. The molecule has 1 saturated heterocycles. The van der Waals surface area contributed by atoms with Crippen molar-refractivity contribution >= 4 is 39.9 Å². The van der Waals surface area contributed by atoms with E-state index in [0.717, 1.165) is 53.3 Å².